The Balaban J connectivity index is 1.76. The quantitative estimate of drug-likeness (QED) is 0.655. The molecular weight excluding hydrogens is 262 g/mol. The Hall–Kier alpha value is -1.63. The minimum absolute atomic E-state index is 0.0607. The third-order valence-electron chi connectivity index (χ3n) is 3.66. The number of piperazine rings is 1. The second-order valence-corrected chi connectivity index (χ2v) is 5.05. The fourth-order valence-corrected chi connectivity index (χ4v) is 2.43. The lowest BCUT2D eigenvalue weighted by Crippen LogP contribution is -2.56. The molecule has 0 aliphatic carbocycles. The number of carbonyl (C=O) groups is 3. The highest BCUT2D eigenvalue weighted by molar-refractivity contribution is 6.35. The van der Waals surface area contributed by atoms with Crippen LogP contribution in [0, 0.1) is 0 Å². The molecule has 2 aliphatic heterocycles. The molecular formula is C13H21N3O4. The predicted molar refractivity (Wildman–Crippen MR) is 70.8 cm³/mol. The zero-order chi connectivity index (χ0) is 14.5. The van der Waals surface area contributed by atoms with E-state index in [1.165, 1.54) is 9.80 Å². The summed E-state index contributed by atoms with van der Waals surface area (Å²) in [4.78, 5) is 38.1. The Kier molecular flexibility index (Phi) is 4.94. The van der Waals surface area contributed by atoms with Crippen LogP contribution in [-0.2, 0) is 19.1 Å². The number of nitrogens with one attached hydrogen (secondary N) is 1. The van der Waals surface area contributed by atoms with Crippen LogP contribution in [0.15, 0.2) is 0 Å². The molecule has 2 saturated heterocycles. The molecule has 0 spiro atoms. The molecule has 2 heterocycles. The SMILES string of the molecule is CCN1CCN(CC(=O)NCC2CCCO2)C(=O)C1=O. The van der Waals surface area contributed by atoms with Crippen molar-refractivity contribution in [2.75, 3.05) is 39.3 Å². The summed E-state index contributed by atoms with van der Waals surface area (Å²) in [6, 6.07) is 0. The molecule has 0 aromatic carbocycles. The largest absolute Gasteiger partial charge is 0.376 e. The molecule has 0 radical (unpaired) electrons. The fraction of sp³-hybridized carbons (Fsp3) is 0.769. The molecule has 0 saturated carbocycles. The van der Waals surface area contributed by atoms with Crippen molar-refractivity contribution in [3.8, 4) is 0 Å². The maximum absolute atomic E-state index is 11.8. The zero-order valence-electron chi connectivity index (χ0n) is 11.8. The number of likely N-dealkylation sites (N-methyl/N-ethyl adjacent to an activating group) is 1. The fourth-order valence-electron chi connectivity index (χ4n) is 2.43. The summed E-state index contributed by atoms with van der Waals surface area (Å²) in [5, 5.41) is 2.75. The van der Waals surface area contributed by atoms with Crippen molar-refractivity contribution in [2.24, 2.45) is 0 Å². The van der Waals surface area contributed by atoms with E-state index in [9.17, 15) is 14.4 Å². The van der Waals surface area contributed by atoms with Crippen molar-refractivity contribution < 1.29 is 19.1 Å². The molecule has 7 nitrogen and oxygen atoms in total. The van der Waals surface area contributed by atoms with Gasteiger partial charge in [0, 0.05) is 32.8 Å². The second kappa shape index (κ2) is 6.69. The van der Waals surface area contributed by atoms with E-state index in [0.717, 1.165) is 19.4 Å². The van der Waals surface area contributed by atoms with Gasteiger partial charge < -0.3 is 19.9 Å². The van der Waals surface area contributed by atoms with Crippen LogP contribution in [0.3, 0.4) is 0 Å². The highest BCUT2D eigenvalue weighted by Crippen LogP contribution is 2.10. The molecule has 2 aliphatic rings. The van der Waals surface area contributed by atoms with Gasteiger partial charge in [0.25, 0.3) is 0 Å². The molecule has 1 unspecified atom stereocenters. The molecule has 2 rings (SSSR count). The highest BCUT2D eigenvalue weighted by Gasteiger charge is 2.32. The summed E-state index contributed by atoms with van der Waals surface area (Å²) in [5.74, 6) is -1.36. The lowest BCUT2D eigenvalue weighted by molar-refractivity contribution is -0.156. The van der Waals surface area contributed by atoms with Crippen LogP contribution in [0.4, 0.5) is 0 Å². The minimum Gasteiger partial charge on any atom is -0.376 e. The molecule has 20 heavy (non-hydrogen) atoms. The van der Waals surface area contributed by atoms with Crippen LogP contribution in [0.1, 0.15) is 19.8 Å². The maximum Gasteiger partial charge on any atom is 0.312 e. The van der Waals surface area contributed by atoms with Gasteiger partial charge in [-0.15, -0.1) is 0 Å². The van der Waals surface area contributed by atoms with Gasteiger partial charge in [0.2, 0.25) is 5.91 Å². The first-order valence-electron chi connectivity index (χ1n) is 7.08. The van der Waals surface area contributed by atoms with Crippen LogP contribution < -0.4 is 5.32 Å². The van der Waals surface area contributed by atoms with Gasteiger partial charge in [-0.1, -0.05) is 0 Å². The van der Waals surface area contributed by atoms with E-state index in [2.05, 4.69) is 5.32 Å². The molecule has 3 amide bonds. The average molecular weight is 283 g/mol. The molecule has 1 atom stereocenters. The van der Waals surface area contributed by atoms with Crippen LogP contribution >= 0.6 is 0 Å². The zero-order valence-corrected chi connectivity index (χ0v) is 11.8. The Morgan fingerprint density at radius 1 is 1.30 bits per heavy atom. The van der Waals surface area contributed by atoms with Gasteiger partial charge in [-0.05, 0) is 19.8 Å². The summed E-state index contributed by atoms with van der Waals surface area (Å²) in [6.45, 7) is 4.39. The van der Waals surface area contributed by atoms with Gasteiger partial charge >= 0.3 is 11.8 Å². The number of ether oxygens (including phenoxy) is 1. The van der Waals surface area contributed by atoms with E-state index in [-0.39, 0.29) is 18.6 Å². The Morgan fingerprint density at radius 3 is 2.65 bits per heavy atom. The number of carbonyl (C=O) groups excluding carboxylic acids is 3. The van der Waals surface area contributed by atoms with Crippen molar-refractivity contribution in [2.45, 2.75) is 25.9 Å². The molecule has 1 N–H and O–H groups in total. The topological polar surface area (TPSA) is 79.0 Å². The van der Waals surface area contributed by atoms with Crippen LogP contribution in [0.25, 0.3) is 0 Å². The van der Waals surface area contributed by atoms with E-state index in [0.29, 0.717) is 26.2 Å². The monoisotopic (exact) mass is 283 g/mol. The molecule has 112 valence electrons. The van der Waals surface area contributed by atoms with E-state index in [1.807, 2.05) is 6.92 Å². The van der Waals surface area contributed by atoms with Crippen LogP contribution in [0.5, 0.6) is 0 Å². The van der Waals surface area contributed by atoms with Crippen molar-refractivity contribution in [1.29, 1.82) is 0 Å². The lowest BCUT2D eigenvalue weighted by Gasteiger charge is -2.32. The number of amides is 3. The van der Waals surface area contributed by atoms with Gasteiger partial charge in [0.15, 0.2) is 0 Å². The van der Waals surface area contributed by atoms with E-state index >= 15 is 0 Å². The van der Waals surface area contributed by atoms with Gasteiger partial charge in [-0.25, -0.2) is 0 Å². The summed E-state index contributed by atoms with van der Waals surface area (Å²) in [7, 11) is 0. The summed E-state index contributed by atoms with van der Waals surface area (Å²) in [6.07, 6.45) is 2.05. The van der Waals surface area contributed by atoms with Gasteiger partial charge in [-0.2, -0.15) is 0 Å². The summed E-state index contributed by atoms with van der Waals surface area (Å²) in [5.41, 5.74) is 0. The van der Waals surface area contributed by atoms with Crippen molar-refractivity contribution in [1.82, 2.24) is 15.1 Å². The summed E-state index contributed by atoms with van der Waals surface area (Å²) >= 11 is 0. The highest BCUT2D eigenvalue weighted by atomic mass is 16.5. The third kappa shape index (κ3) is 3.47. The standard InChI is InChI=1S/C13H21N3O4/c1-2-15-5-6-16(13(19)12(15)18)9-11(17)14-8-10-4-3-7-20-10/h10H,2-9H2,1H3,(H,14,17). The third-order valence-corrected chi connectivity index (χ3v) is 3.66. The molecule has 0 aromatic rings. The number of hydrogen-bond donors (Lipinski definition) is 1. The van der Waals surface area contributed by atoms with Crippen LogP contribution in [0.2, 0.25) is 0 Å². The molecule has 0 bridgehead atoms. The number of rotatable bonds is 5. The Bertz CT molecular complexity index is 393. The first-order valence-corrected chi connectivity index (χ1v) is 7.08. The first-order chi connectivity index (χ1) is 9.61. The van der Waals surface area contributed by atoms with Crippen LogP contribution in [-0.4, -0.2) is 73.0 Å². The summed E-state index contributed by atoms with van der Waals surface area (Å²) < 4.78 is 5.40. The average Bonchev–Trinajstić information content (AvgIpc) is 2.95. The first kappa shape index (κ1) is 14.8. The Morgan fingerprint density at radius 2 is 2.00 bits per heavy atom. The normalized spacial score (nSPS) is 23.4. The molecule has 7 heteroatoms. The number of nitrogens with zero attached hydrogens (tertiary/aromatic N) is 2. The predicted octanol–water partition coefficient (Wildman–Crippen LogP) is -1.03. The maximum atomic E-state index is 11.8. The van der Waals surface area contributed by atoms with E-state index in [1.54, 1.807) is 0 Å². The molecule has 0 aromatic heterocycles. The smallest absolute Gasteiger partial charge is 0.312 e. The molecule has 2 fully saturated rings. The van der Waals surface area contributed by atoms with Crippen molar-refractivity contribution >= 4 is 17.7 Å². The minimum atomic E-state index is -0.592. The Labute approximate surface area is 118 Å². The van der Waals surface area contributed by atoms with E-state index in [4.69, 9.17) is 4.74 Å². The second-order valence-electron chi connectivity index (χ2n) is 5.05. The van der Waals surface area contributed by atoms with Gasteiger partial charge in [-0.3, -0.25) is 14.4 Å². The van der Waals surface area contributed by atoms with E-state index < -0.39 is 11.8 Å². The van der Waals surface area contributed by atoms with Gasteiger partial charge in [0.1, 0.15) is 6.54 Å². The van der Waals surface area contributed by atoms with Crippen molar-refractivity contribution in [3.05, 3.63) is 0 Å². The van der Waals surface area contributed by atoms with Gasteiger partial charge in [0.05, 0.1) is 6.10 Å². The number of hydrogen-bond acceptors (Lipinski definition) is 4. The lowest BCUT2D eigenvalue weighted by atomic mass is 10.2. The van der Waals surface area contributed by atoms with Crippen molar-refractivity contribution in [3.63, 3.8) is 0 Å².